The summed E-state index contributed by atoms with van der Waals surface area (Å²) in [5.74, 6) is 0. The van der Waals surface area contributed by atoms with Gasteiger partial charge in [-0.2, -0.15) is 5.26 Å². The van der Waals surface area contributed by atoms with Crippen LogP contribution >= 0.6 is 0 Å². The second-order valence-electron chi connectivity index (χ2n) is 0.100. The molecule has 0 saturated heterocycles. The average Bonchev–Trinajstić information content (AvgIpc) is 0.918. The zero-order valence-corrected chi connectivity index (χ0v) is 8.07. The van der Waals surface area contributed by atoms with E-state index in [4.69, 9.17) is 10.4 Å². The zero-order valence-electron chi connectivity index (χ0n) is 4.10. The van der Waals surface area contributed by atoms with Gasteiger partial charge in [-0.1, -0.05) is 0 Å². The Balaban J connectivity index is -0.00000000667. The van der Waals surface area contributed by atoms with Crippen LogP contribution in [0, 0.1) is 11.5 Å². The summed E-state index contributed by atoms with van der Waals surface area (Å²) in [5, 5.41) is 13.8. The minimum Gasteiger partial charge on any atom is -1.00 e. The molecule has 0 spiro atoms. The predicted octanol–water partition coefficient (Wildman–Crippen LogP) is -3.05. The van der Waals surface area contributed by atoms with Crippen molar-refractivity contribution in [1.82, 2.24) is 0 Å². The number of hydrogen-bond donors (Lipinski definition) is 1. The molecule has 0 aromatic rings. The van der Waals surface area contributed by atoms with Crippen LogP contribution in [-0.4, -0.2) is 5.11 Å². The van der Waals surface area contributed by atoms with Gasteiger partial charge in [-0.25, -0.2) is 0 Å². The Morgan fingerprint density at radius 1 is 1.80 bits per heavy atom. The Hall–Kier alpha value is 0.913. The number of rotatable bonds is 0. The van der Waals surface area contributed by atoms with Crippen molar-refractivity contribution in [2.75, 3.05) is 0 Å². The maximum atomic E-state index is 6.88. The Bertz CT molecular complexity index is 37.0. The van der Waals surface area contributed by atoms with E-state index in [0.717, 1.165) is 6.26 Å². The molecule has 4 heteroatoms. The van der Waals surface area contributed by atoms with Gasteiger partial charge < -0.3 is 6.53 Å². The average molecular weight is 132 g/mol. The normalized spacial score (nSPS) is 1.40. The van der Waals surface area contributed by atoms with Gasteiger partial charge in [-0.3, -0.25) is 0 Å². The van der Waals surface area contributed by atoms with Crippen molar-refractivity contribution in [2.24, 2.45) is 0 Å². The topological polar surface area (TPSA) is 44.0 Å². The molecule has 0 aliphatic carbocycles. The van der Waals surface area contributed by atoms with Crippen molar-refractivity contribution in [2.45, 2.75) is 0 Å². The molecule has 0 atom stereocenters. The molecule has 1 N–H and O–H groups in total. The van der Waals surface area contributed by atoms with Crippen molar-refractivity contribution in [3.63, 3.8) is 0 Å². The third-order valence-electron chi connectivity index (χ3n) is 0. The van der Waals surface area contributed by atoms with Gasteiger partial charge in [0.05, 0.1) is 0 Å². The molecule has 0 bridgehead atoms. The summed E-state index contributed by atoms with van der Waals surface area (Å²) >= 11 is 0. The first-order valence-electron chi connectivity index (χ1n) is 0.447. The van der Waals surface area contributed by atoms with Crippen molar-refractivity contribution < 1.29 is 55.6 Å². The van der Waals surface area contributed by atoms with E-state index in [-0.39, 0.29) is 50.5 Å². The summed E-state index contributed by atoms with van der Waals surface area (Å²) in [6.45, 7) is 0. The standard InChI is InChI=1S/CHNO.Na.Zn.H/c2-1-3;;;/h3H;;;/q;+1;;-1. The van der Waals surface area contributed by atoms with Crippen LogP contribution in [0.15, 0.2) is 0 Å². The maximum absolute atomic E-state index is 6.88. The molecule has 0 aromatic carbocycles. The quantitative estimate of drug-likeness (QED) is 0.281. The van der Waals surface area contributed by atoms with Crippen LogP contribution in [0.2, 0.25) is 0 Å². The molecule has 0 unspecified atom stereocenters. The fraction of sp³-hybridized carbons (Fsp3) is 0. The smallest absolute Gasteiger partial charge is 1.00 e. The van der Waals surface area contributed by atoms with E-state index in [1.807, 2.05) is 0 Å². The minimum absolute atomic E-state index is 0. The summed E-state index contributed by atoms with van der Waals surface area (Å²) in [6.07, 6.45) is 0.750. The van der Waals surface area contributed by atoms with Crippen LogP contribution < -0.4 is 29.6 Å². The molecule has 5 heavy (non-hydrogen) atoms. The molecule has 20 valence electrons. The maximum Gasteiger partial charge on any atom is 1.00 e. The first kappa shape index (κ1) is 16.8. The number of aliphatic hydroxyl groups excluding tert-OH is 1. The molecular weight excluding hydrogens is 130 g/mol. The Morgan fingerprint density at radius 3 is 1.80 bits per heavy atom. The first-order chi connectivity index (χ1) is 1.41. The summed E-state index contributed by atoms with van der Waals surface area (Å²) in [4.78, 5) is 0. The molecule has 0 radical (unpaired) electrons. The fourth-order valence-electron chi connectivity index (χ4n) is 0. The first-order valence-corrected chi connectivity index (χ1v) is 0.447. The van der Waals surface area contributed by atoms with Crippen molar-refractivity contribution >= 4 is 0 Å². The predicted molar refractivity (Wildman–Crippen MR) is 8.66 cm³/mol. The van der Waals surface area contributed by atoms with E-state index in [2.05, 4.69) is 0 Å². The van der Waals surface area contributed by atoms with Gasteiger partial charge in [-0.15, -0.1) is 0 Å². The zero-order chi connectivity index (χ0) is 2.71. The van der Waals surface area contributed by atoms with Crippen LogP contribution in [0.3, 0.4) is 0 Å². The van der Waals surface area contributed by atoms with Crippen LogP contribution in [-0.2, 0) is 19.5 Å². The largest absolute Gasteiger partial charge is 1.00 e. The van der Waals surface area contributed by atoms with Crippen molar-refractivity contribution in [3.05, 3.63) is 0 Å². The van der Waals surface area contributed by atoms with Gasteiger partial charge in [-0.05, 0) is 0 Å². The second-order valence-corrected chi connectivity index (χ2v) is 0.100. The Kier molecular flexibility index (Phi) is 69.1. The molecule has 0 fully saturated rings. The summed E-state index contributed by atoms with van der Waals surface area (Å²) in [6, 6.07) is 0. The number of aliphatic hydroxyl groups is 1. The van der Waals surface area contributed by atoms with Crippen LogP contribution in [0.1, 0.15) is 1.43 Å². The van der Waals surface area contributed by atoms with Gasteiger partial charge >= 0.3 is 29.6 Å². The third kappa shape index (κ3) is 50.0. The summed E-state index contributed by atoms with van der Waals surface area (Å²) in [5.41, 5.74) is 0. The van der Waals surface area contributed by atoms with Crippen LogP contribution in [0.4, 0.5) is 0 Å². The van der Waals surface area contributed by atoms with Crippen LogP contribution in [0.5, 0.6) is 0 Å². The molecular formula is CH2NNaOZn. The van der Waals surface area contributed by atoms with Gasteiger partial charge in [0.15, 0.2) is 0 Å². The third-order valence-corrected chi connectivity index (χ3v) is 0. The van der Waals surface area contributed by atoms with Gasteiger partial charge in [0.25, 0.3) is 6.26 Å². The minimum atomic E-state index is 0. The van der Waals surface area contributed by atoms with E-state index in [0.29, 0.717) is 0 Å². The molecule has 0 aromatic heterocycles. The molecule has 0 aliphatic rings. The number of nitriles is 1. The van der Waals surface area contributed by atoms with Gasteiger partial charge in [0, 0.05) is 19.5 Å². The molecule has 0 rings (SSSR count). The molecule has 0 saturated carbocycles. The summed E-state index contributed by atoms with van der Waals surface area (Å²) in [7, 11) is 0. The van der Waals surface area contributed by atoms with Crippen molar-refractivity contribution in [3.8, 4) is 6.26 Å². The number of nitrogens with zero attached hydrogens (tertiary/aromatic N) is 1. The van der Waals surface area contributed by atoms with E-state index in [1.54, 1.807) is 0 Å². The van der Waals surface area contributed by atoms with Gasteiger partial charge in [0.2, 0.25) is 0 Å². The van der Waals surface area contributed by atoms with Crippen molar-refractivity contribution in [1.29, 1.82) is 5.26 Å². The van der Waals surface area contributed by atoms with E-state index < -0.39 is 0 Å². The molecule has 0 heterocycles. The van der Waals surface area contributed by atoms with E-state index >= 15 is 0 Å². The van der Waals surface area contributed by atoms with E-state index in [1.165, 1.54) is 0 Å². The Labute approximate surface area is 66.7 Å². The monoisotopic (exact) mass is 131 g/mol. The molecule has 2 nitrogen and oxygen atoms in total. The summed E-state index contributed by atoms with van der Waals surface area (Å²) < 4.78 is 0. The molecule has 0 aliphatic heterocycles. The number of hydrogen-bond acceptors (Lipinski definition) is 2. The van der Waals surface area contributed by atoms with Crippen LogP contribution in [0.25, 0.3) is 0 Å². The second kappa shape index (κ2) is 20.6. The van der Waals surface area contributed by atoms with Gasteiger partial charge in [0.1, 0.15) is 0 Å². The molecule has 0 amide bonds. The van der Waals surface area contributed by atoms with E-state index in [9.17, 15) is 0 Å². The fourth-order valence-corrected chi connectivity index (χ4v) is 0. The Morgan fingerprint density at radius 2 is 1.80 bits per heavy atom. The SMILES string of the molecule is N#CO.[H-].[Na+].[Zn].